The van der Waals surface area contributed by atoms with E-state index in [0.717, 1.165) is 0 Å². The van der Waals surface area contributed by atoms with E-state index in [1.165, 1.54) is 6.08 Å². The summed E-state index contributed by atoms with van der Waals surface area (Å²) in [7, 11) is -3.46. The Hall–Kier alpha value is -1.86. The van der Waals surface area contributed by atoms with Crippen molar-refractivity contribution in [1.82, 2.24) is 0 Å². The van der Waals surface area contributed by atoms with E-state index < -0.39 is 15.3 Å². The maximum atomic E-state index is 12.3. The Morgan fingerprint density at radius 1 is 1.28 bits per heavy atom. The first kappa shape index (κ1) is 12.6. The molecule has 3 nitrogen and oxygen atoms in total. The molecule has 1 aromatic rings. The molecule has 0 spiro atoms. The molecule has 18 heavy (non-hydrogen) atoms. The first-order valence-electron chi connectivity index (χ1n) is 5.59. The molecule has 0 saturated carbocycles. The molecule has 0 amide bonds. The molecule has 1 aliphatic carbocycles. The van der Waals surface area contributed by atoms with Crippen LogP contribution in [0.4, 0.5) is 0 Å². The summed E-state index contributed by atoms with van der Waals surface area (Å²) in [6.07, 6.45) is 5.21. The number of nitriles is 1. The molecule has 1 atom stereocenters. The first-order valence-corrected chi connectivity index (χ1v) is 7.07. The third-order valence-electron chi connectivity index (χ3n) is 2.96. The second kappa shape index (κ2) is 4.43. The molecule has 4 heteroatoms. The Balaban J connectivity index is 2.37. The van der Waals surface area contributed by atoms with Gasteiger partial charge in [0, 0.05) is 0 Å². The SMILES string of the molecule is CC1(C#N)C=CC(S(=O)(=O)c2ccccc2)=CC1. The van der Waals surface area contributed by atoms with Gasteiger partial charge in [0.1, 0.15) is 0 Å². The van der Waals surface area contributed by atoms with Gasteiger partial charge in [0.25, 0.3) is 0 Å². The lowest BCUT2D eigenvalue weighted by Gasteiger charge is -2.19. The van der Waals surface area contributed by atoms with E-state index in [9.17, 15) is 8.42 Å². The zero-order chi connectivity index (χ0) is 13.2. The van der Waals surface area contributed by atoms with Crippen LogP contribution in [0.1, 0.15) is 13.3 Å². The monoisotopic (exact) mass is 259 g/mol. The molecule has 0 saturated heterocycles. The summed E-state index contributed by atoms with van der Waals surface area (Å²) in [5, 5.41) is 8.98. The van der Waals surface area contributed by atoms with Gasteiger partial charge in [0.2, 0.25) is 9.84 Å². The van der Waals surface area contributed by atoms with Crippen LogP contribution < -0.4 is 0 Å². The molecule has 1 aliphatic rings. The van der Waals surface area contributed by atoms with Crippen molar-refractivity contribution >= 4 is 9.84 Å². The number of allylic oxidation sites excluding steroid dienone is 3. The highest BCUT2D eigenvalue weighted by molar-refractivity contribution is 7.95. The van der Waals surface area contributed by atoms with Crippen LogP contribution in [0, 0.1) is 16.7 Å². The molecule has 92 valence electrons. The predicted octanol–water partition coefficient (Wildman–Crippen LogP) is 2.83. The maximum absolute atomic E-state index is 12.3. The number of hydrogen-bond donors (Lipinski definition) is 0. The van der Waals surface area contributed by atoms with Crippen molar-refractivity contribution < 1.29 is 8.42 Å². The third kappa shape index (κ3) is 2.22. The summed E-state index contributed by atoms with van der Waals surface area (Å²) < 4.78 is 24.6. The van der Waals surface area contributed by atoms with Gasteiger partial charge in [-0.1, -0.05) is 30.4 Å². The molecule has 0 fully saturated rings. The number of rotatable bonds is 2. The van der Waals surface area contributed by atoms with Crippen LogP contribution >= 0.6 is 0 Å². The van der Waals surface area contributed by atoms with Crippen molar-refractivity contribution in [3.05, 3.63) is 53.5 Å². The molecule has 2 rings (SSSR count). The number of nitrogens with zero attached hydrogens (tertiary/aromatic N) is 1. The highest BCUT2D eigenvalue weighted by Crippen LogP contribution is 2.32. The molecule has 1 aromatic carbocycles. The zero-order valence-corrected chi connectivity index (χ0v) is 10.8. The Morgan fingerprint density at radius 3 is 2.44 bits per heavy atom. The largest absolute Gasteiger partial charge is 0.219 e. The van der Waals surface area contributed by atoms with Gasteiger partial charge in [-0.05, 0) is 31.6 Å². The molecule has 0 heterocycles. The lowest BCUT2D eigenvalue weighted by atomic mass is 9.86. The summed E-state index contributed by atoms with van der Waals surface area (Å²) in [6.45, 7) is 1.78. The van der Waals surface area contributed by atoms with Crippen LogP contribution in [-0.2, 0) is 9.84 Å². The zero-order valence-electron chi connectivity index (χ0n) is 10.00. The van der Waals surface area contributed by atoms with Crippen molar-refractivity contribution in [2.75, 3.05) is 0 Å². The van der Waals surface area contributed by atoms with Crippen LogP contribution in [0.2, 0.25) is 0 Å². The van der Waals surface area contributed by atoms with Gasteiger partial charge in [-0.25, -0.2) is 8.42 Å². The predicted molar refractivity (Wildman–Crippen MR) is 69.2 cm³/mol. The second-order valence-corrected chi connectivity index (χ2v) is 6.44. The van der Waals surface area contributed by atoms with Crippen molar-refractivity contribution in [3.63, 3.8) is 0 Å². The molecule has 1 unspecified atom stereocenters. The van der Waals surface area contributed by atoms with Gasteiger partial charge in [0.05, 0.1) is 21.3 Å². The fraction of sp³-hybridized carbons (Fsp3) is 0.214. The Bertz CT molecular complexity index is 651. The van der Waals surface area contributed by atoms with Crippen LogP contribution in [0.3, 0.4) is 0 Å². The van der Waals surface area contributed by atoms with Crippen LogP contribution in [0.5, 0.6) is 0 Å². The van der Waals surface area contributed by atoms with Crippen LogP contribution in [0.25, 0.3) is 0 Å². The van der Waals surface area contributed by atoms with Crippen LogP contribution in [0.15, 0.2) is 58.4 Å². The topological polar surface area (TPSA) is 57.9 Å². The van der Waals surface area contributed by atoms with E-state index >= 15 is 0 Å². The van der Waals surface area contributed by atoms with Crippen LogP contribution in [-0.4, -0.2) is 8.42 Å². The summed E-state index contributed by atoms with van der Waals surface area (Å²) in [6, 6.07) is 10.5. The first-order chi connectivity index (χ1) is 8.48. The maximum Gasteiger partial charge on any atom is 0.206 e. The molecule has 0 aliphatic heterocycles. The fourth-order valence-electron chi connectivity index (χ4n) is 1.73. The minimum Gasteiger partial charge on any atom is -0.219 e. The number of hydrogen-bond acceptors (Lipinski definition) is 3. The van der Waals surface area contributed by atoms with E-state index in [1.54, 1.807) is 49.4 Å². The summed E-state index contributed by atoms with van der Waals surface area (Å²) >= 11 is 0. The molecular formula is C14H13NO2S. The van der Waals surface area contributed by atoms with E-state index in [0.29, 0.717) is 6.42 Å². The Kier molecular flexibility index (Phi) is 3.10. The average molecular weight is 259 g/mol. The van der Waals surface area contributed by atoms with E-state index in [2.05, 4.69) is 6.07 Å². The fourth-order valence-corrected chi connectivity index (χ4v) is 3.07. The highest BCUT2D eigenvalue weighted by Gasteiger charge is 2.27. The summed E-state index contributed by atoms with van der Waals surface area (Å²) in [5.74, 6) is 0. The number of sulfone groups is 1. The van der Waals surface area contributed by atoms with E-state index in [-0.39, 0.29) is 9.80 Å². The Labute approximate surface area is 107 Å². The quantitative estimate of drug-likeness (QED) is 0.820. The molecule has 0 N–H and O–H groups in total. The lowest BCUT2D eigenvalue weighted by molar-refractivity contribution is 0.568. The molecule has 0 bridgehead atoms. The Morgan fingerprint density at radius 2 is 1.94 bits per heavy atom. The van der Waals surface area contributed by atoms with Crippen molar-refractivity contribution in [2.24, 2.45) is 5.41 Å². The van der Waals surface area contributed by atoms with Gasteiger partial charge in [-0.2, -0.15) is 5.26 Å². The molecular weight excluding hydrogens is 246 g/mol. The van der Waals surface area contributed by atoms with Gasteiger partial charge < -0.3 is 0 Å². The van der Waals surface area contributed by atoms with Gasteiger partial charge in [-0.15, -0.1) is 0 Å². The smallest absolute Gasteiger partial charge is 0.206 e. The van der Waals surface area contributed by atoms with Gasteiger partial charge >= 0.3 is 0 Å². The summed E-state index contributed by atoms with van der Waals surface area (Å²) in [5.41, 5.74) is -0.601. The average Bonchev–Trinajstić information content (AvgIpc) is 2.40. The minimum atomic E-state index is -3.46. The van der Waals surface area contributed by atoms with E-state index in [4.69, 9.17) is 5.26 Å². The molecule has 0 radical (unpaired) electrons. The summed E-state index contributed by atoms with van der Waals surface area (Å²) in [4.78, 5) is 0.544. The third-order valence-corrected chi connectivity index (χ3v) is 4.78. The minimum absolute atomic E-state index is 0.265. The lowest BCUT2D eigenvalue weighted by Crippen LogP contribution is -2.14. The van der Waals surface area contributed by atoms with E-state index in [1.807, 2.05) is 0 Å². The normalized spacial score (nSPS) is 23.2. The highest BCUT2D eigenvalue weighted by atomic mass is 32.2. The van der Waals surface area contributed by atoms with Gasteiger partial charge in [0.15, 0.2) is 0 Å². The number of benzene rings is 1. The standard InChI is InChI=1S/C14H13NO2S/c1-14(11-15)9-7-13(8-10-14)18(16,17)12-5-3-2-4-6-12/h2-9H,10H2,1H3. The van der Waals surface area contributed by atoms with Crippen molar-refractivity contribution in [1.29, 1.82) is 5.26 Å². The second-order valence-electron chi connectivity index (χ2n) is 4.49. The van der Waals surface area contributed by atoms with Gasteiger partial charge in [-0.3, -0.25) is 0 Å². The van der Waals surface area contributed by atoms with Crippen molar-refractivity contribution in [3.8, 4) is 6.07 Å². The van der Waals surface area contributed by atoms with Crippen molar-refractivity contribution in [2.45, 2.75) is 18.2 Å². The molecule has 0 aromatic heterocycles.